The molecule has 0 N–H and O–H groups in total. The summed E-state index contributed by atoms with van der Waals surface area (Å²) in [5.74, 6) is 0.440. The van der Waals surface area contributed by atoms with Crippen molar-refractivity contribution in [3.05, 3.63) is 71.5 Å². The number of para-hydroxylation sites is 1. The largest absolute Gasteiger partial charge is 0.241 e. The summed E-state index contributed by atoms with van der Waals surface area (Å²) in [7, 11) is 0. The maximum atomic E-state index is 13.6. The first-order chi connectivity index (χ1) is 9.74. The number of aryl methyl sites for hydroxylation is 1. The summed E-state index contributed by atoms with van der Waals surface area (Å²) >= 11 is 1.57. The van der Waals surface area contributed by atoms with Crippen molar-refractivity contribution in [3.63, 3.8) is 0 Å². The fraction of sp³-hybridized carbons (Fsp3) is 0.118. The van der Waals surface area contributed by atoms with Gasteiger partial charge in [-0.3, -0.25) is 0 Å². The standard InChI is InChI=1S/C17H14FNS/c1-12-10-17(19-16-9-5-3-7-14(12)16)20-11-13-6-2-4-8-15(13)18/h2-10H,11H2,1H3. The van der Waals surface area contributed by atoms with Gasteiger partial charge in [0.25, 0.3) is 0 Å². The number of benzene rings is 2. The average Bonchev–Trinajstić information content (AvgIpc) is 2.46. The normalized spacial score (nSPS) is 10.9. The lowest BCUT2D eigenvalue weighted by Gasteiger charge is -2.06. The molecular formula is C17H14FNS. The molecule has 1 aromatic heterocycles. The zero-order valence-corrected chi connectivity index (χ0v) is 12.0. The first-order valence-corrected chi connectivity index (χ1v) is 7.45. The van der Waals surface area contributed by atoms with Crippen LogP contribution in [0.15, 0.2) is 59.6 Å². The van der Waals surface area contributed by atoms with Crippen molar-refractivity contribution in [1.82, 2.24) is 4.98 Å². The van der Waals surface area contributed by atoms with Crippen LogP contribution in [0.3, 0.4) is 0 Å². The quantitative estimate of drug-likeness (QED) is 0.629. The summed E-state index contributed by atoms with van der Waals surface area (Å²) in [6.45, 7) is 2.08. The van der Waals surface area contributed by atoms with Gasteiger partial charge >= 0.3 is 0 Å². The number of hydrogen-bond acceptors (Lipinski definition) is 2. The van der Waals surface area contributed by atoms with E-state index in [-0.39, 0.29) is 5.82 Å². The van der Waals surface area contributed by atoms with E-state index in [4.69, 9.17) is 0 Å². The molecule has 0 unspecified atom stereocenters. The number of pyridine rings is 1. The summed E-state index contributed by atoms with van der Waals surface area (Å²) in [5, 5.41) is 2.10. The topological polar surface area (TPSA) is 12.9 Å². The van der Waals surface area contributed by atoms with Crippen LogP contribution in [-0.2, 0) is 5.75 Å². The zero-order valence-electron chi connectivity index (χ0n) is 11.1. The third-order valence-corrected chi connectivity index (χ3v) is 4.19. The predicted octanol–water partition coefficient (Wildman–Crippen LogP) is 4.97. The molecule has 3 aromatic rings. The van der Waals surface area contributed by atoms with E-state index in [1.165, 1.54) is 17.0 Å². The number of hydrogen-bond donors (Lipinski definition) is 0. The molecule has 1 nitrogen and oxygen atoms in total. The highest BCUT2D eigenvalue weighted by atomic mass is 32.2. The Morgan fingerprint density at radius 1 is 1.05 bits per heavy atom. The van der Waals surface area contributed by atoms with Gasteiger partial charge in [-0.1, -0.05) is 36.4 Å². The SMILES string of the molecule is Cc1cc(SCc2ccccc2F)nc2ccccc12. The van der Waals surface area contributed by atoms with Gasteiger partial charge in [-0.05, 0) is 36.2 Å². The number of aromatic nitrogens is 1. The van der Waals surface area contributed by atoms with E-state index >= 15 is 0 Å². The second-order valence-electron chi connectivity index (χ2n) is 4.67. The van der Waals surface area contributed by atoms with Crippen LogP contribution in [0, 0.1) is 12.7 Å². The molecule has 0 saturated carbocycles. The Labute approximate surface area is 121 Å². The first-order valence-electron chi connectivity index (χ1n) is 6.46. The molecule has 20 heavy (non-hydrogen) atoms. The molecule has 3 heteroatoms. The number of rotatable bonds is 3. The Bertz CT molecular complexity index is 755. The van der Waals surface area contributed by atoms with Crippen LogP contribution in [0.4, 0.5) is 4.39 Å². The van der Waals surface area contributed by atoms with Crippen LogP contribution in [0.25, 0.3) is 10.9 Å². The van der Waals surface area contributed by atoms with Crippen molar-refractivity contribution >= 4 is 22.7 Å². The molecule has 0 bridgehead atoms. The second-order valence-corrected chi connectivity index (χ2v) is 5.67. The lowest BCUT2D eigenvalue weighted by molar-refractivity contribution is 0.617. The van der Waals surface area contributed by atoms with Gasteiger partial charge in [-0.2, -0.15) is 0 Å². The van der Waals surface area contributed by atoms with Crippen LogP contribution < -0.4 is 0 Å². The molecule has 0 spiro atoms. The van der Waals surface area contributed by atoms with E-state index in [0.717, 1.165) is 10.5 Å². The number of thioether (sulfide) groups is 1. The minimum atomic E-state index is -0.155. The molecule has 1 heterocycles. The van der Waals surface area contributed by atoms with E-state index in [1.54, 1.807) is 17.8 Å². The van der Waals surface area contributed by atoms with Gasteiger partial charge in [0.2, 0.25) is 0 Å². The fourth-order valence-electron chi connectivity index (χ4n) is 2.16. The molecule has 0 aliphatic carbocycles. The van der Waals surface area contributed by atoms with Crippen molar-refractivity contribution in [2.75, 3.05) is 0 Å². The smallest absolute Gasteiger partial charge is 0.127 e. The number of fused-ring (bicyclic) bond motifs is 1. The van der Waals surface area contributed by atoms with E-state index in [2.05, 4.69) is 24.0 Å². The van der Waals surface area contributed by atoms with Gasteiger partial charge in [-0.25, -0.2) is 9.37 Å². The van der Waals surface area contributed by atoms with Gasteiger partial charge in [0.05, 0.1) is 10.5 Å². The summed E-state index contributed by atoms with van der Waals surface area (Å²) in [5.41, 5.74) is 2.90. The molecule has 100 valence electrons. The van der Waals surface area contributed by atoms with Crippen molar-refractivity contribution < 1.29 is 4.39 Å². The summed E-state index contributed by atoms with van der Waals surface area (Å²) in [4.78, 5) is 4.62. The van der Waals surface area contributed by atoms with Crippen molar-refractivity contribution in [2.45, 2.75) is 17.7 Å². The van der Waals surface area contributed by atoms with Crippen LogP contribution in [0.5, 0.6) is 0 Å². The van der Waals surface area contributed by atoms with Gasteiger partial charge in [0.1, 0.15) is 5.82 Å². The van der Waals surface area contributed by atoms with Gasteiger partial charge in [0.15, 0.2) is 0 Å². The van der Waals surface area contributed by atoms with Crippen molar-refractivity contribution in [1.29, 1.82) is 0 Å². The lowest BCUT2D eigenvalue weighted by Crippen LogP contribution is -1.90. The summed E-state index contributed by atoms with van der Waals surface area (Å²) in [6, 6.07) is 17.0. The van der Waals surface area contributed by atoms with E-state index < -0.39 is 0 Å². The molecule has 2 aromatic carbocycles. The molecule has 0 fully saturated rings. The highest BCUT2D eigenvalue weighted by Gasteiger charge is 2.05. The monoisotopic (exact) mass is 283 g/mol. The molecule has 0 aliphatic heterocycles. The fourth-order valence-corrected chi connectivity index (χ4v) is 3.12. The summed E-state index contributed by atoms with van der Waals surface area (Å²) in [6.07, 6.45) is 0. The van der Waals surface area contributed by atoms with Gasteiger partial charge in [0, 0.05) is 11.1 Å². The zero-order chi connectivity index (χ0) is 13.9. The van der Waals surface area contributed by atoms with Crippen molar-refractivity contribution in [2.24, 2.45) is 0 Å². The van der Waals surface area contributed by atoms with Crippen LogP contribution in [0.2, 0.25) is 0 Å². The summed E-state index contributed by atoms with van der Waals surface area (Å²) < 4.78 is 13.6. The third kappa shape index (κ3) is 2.68. The second kappa shape index (κ2) is 5.63. The maximum Gasteiger partial charge on any atom is 0.127 e. The Balaban J connectivity index is 1.86. The molecule has 3 rings (SSSR count). The first kappa shape index (κ1) is 13.1. The van der Waals surface area contributed by atoms with Crippen molar-refractivity contribution in [3.8, 4) is 0 Å². The minimum Gasteiger partial charge on any atom is -0.241 e. The van der Waals surface area contributed by atoms with Crippen LogP contribution in [0.1, 0.15) is 11.1 Å². The highest BCUT2D eigenvalue weighted by molar-refractivity contribution is 7.98. The van der Waals surface area contributed by atoms with E-state index in [9.17, 15) is 4.39 Å². The predicted molar refractivity (Wildman–Crippen MR) is 82.4 cm³/mol. The lowest BCUT2D eigenvalue weighted by atomic mass is 10.1. The molecule has 0 radical (unpaired) electrons. The highest BCUT2D eigenvalue weighted by Crippen LogP contribution is 2.26. The maximum absolute atomic E-state index is 13.6. The molecule has 0 aliphatic rings. The minimum absolute atomic E-state index is 0.155. The third-order valence-electron chi connectivity index (χ3n) is 3.23. The number of nitrogens with zero attached hydrogens (tertiary/aromatic N) is 1. The molecule has 0 amide bonds. The van der Waals surface area contributed by atoms with Crippen LogP contribution >= 0.6 is 11.8 Å². The number of halogens is 1. The Kier molecular flexibility index (Phi) is 3.70. The Morgan fingerprint density at radius 3 is 2.65 bits per heavy atom. The van der Waals surface area contributed by atoms with Gasteiger partial charge in [-0.15, -0.1) is 11.8 Å². The Hall–Kier alpha value is -1.87. The molecule has 0 atom stereocenters. The van der Waals surface area contributed by atoms with E-state index in [1.807, 2.05) is 30.3 Å². The average molecular weight is 283 g/mol. The van der Waals surface area contributed by atoms with E-state index in [0.29, 0.717) is 11.3 Å². The van der Waals surface area contributed by atoms with Gasteiger partial charge < -0.3 is 0 Å². The Morgan fingerprint density at radius 2 is 1.80 bits per heavy atom. The molecular weight excluding hydrogens is 269 g/mol. The van der Waals surface area contributed by atoms with Crippen LogP contribution in [-0.4, -0.2) is 4.98 Å². The molecule has 0 saturated heterocycles.